The predicted molar refractivity (Wildman–Crippen MR) is 183 cm³/mol. The van der Waals surface area contributed by atoms with Crippen LogP contribution in [-0.4, -0.2) is 45.8 Å². The van der Waals surface area contributed by atoms with Gasteiger partial charge in [-0.2, -0.15) is 17.6 Å². The molecule has 0 unspecified atom stereocenters. The normalized spacial score (nSPS) is 14.7. The number of aliphatic hydroxyl groups is 2. The Kier molecular flexibility index (Phi) is 13.1. The molecule has 0 aliphatic carbocycles. The number of aliphatic hydroxyl groups excluding tert-OH is 2. The highest BCUT2D eigenvalue weighted by molar-refractivity contribution is 7.55. The summed E-state index contributed by atoms with van der Waals surface area (Å²) in [5.74, 6) is 0. The van der Waals surface area contributed by atoms with Gasteiger partial charge >= 0.3 is 26.5 Å². The molecule has 2 rings (SSSR count). The predicted octanol–water partition coefficient (Wildman–Crippen LogP) is 10.2. The van der Waals surface area contributed by atoms with E-state index in [4.69, 9.17) is 18.1 Å². The number of alkyl halides is 4. The van der Waals surface area contributed by atoms with Gasteiger partial charge in [-0.25, -0.2) is 0 Å². The summed E-state index contributed by atoms with van der Waals surface area (Å²) in [6.45, 7) is 16.9. The standard InChI is InChI=1S/C35H54F4O8P2/c1-29(2,3)44-48(42,45-30(4,5)6)34(36,37)27-17-13-25(14-18-27)21-33(23-40,24-41)22-26-15-19-28(20-16-26)35(38,39)49(43,46-31(7,8)9)47-32(10,11)12/h13-20,40-41H,21-24H2,1-12H3. The average Bonchev–Trinajstić information content (AvgIpc) is 2.89. The lowest BCUT2D eigenvalue weighted by molar-refractivity contribution is -0.0216. The second-order valence-electron chi connectivity index (χ2n) is 16.5. The summed E-state index contributed by atoms with van der Waals surface area (Å²) >= 11 is 0. The maximum atomic E-state index is 15.8. The van der Waals surface area contributed by atoms with Crippen LogP contribution < -0.4 is 0 Å². The van der Waals surface area contributed by atoms with Gasteiger partial charge in [-0.1, -0.05) is 48.5 Å². The van der Waals surface area contributed by atoms with Crippen LogP contribution in [0.2, 0.25) is 0 Å². The molecule has 0 radical (unpaired) electrons. The molecule has 2 aromatic carbocycles. The van der Waals surface area contributed by atoms with Crippen LogP contribution in [0.1, 0.15) is 105 Å². The van der Waals surface area contributed by atoms with Gasteiger partial charge < -0.3 is 10.2 Å². The Morgan fingerprint density at radius 3 is 0.898 bits per heavy atom. The first-order chi connectivity index (χ1) is 21.8. The van der Waals surface area contributed by atoms with Crippen molar-refractivity contribution >= 4 is 15.2 Å². The molecule has 0 aliphatic rings. The molecule has 2 N–H and O–H groups in total. The van der Waals surface area contributed by atoms with E-state index in [0.29, 0.717) is 11.1 Å². The molecule has 0 saturated heterocycles. The molecule has 0 fully saturated rings. The first kappa shape index (κ1) is 43.5. The van der Waals surface area contributed by atoms with Gasteiger partial charge in [0.2, 0.25) is 0 Å². The number of rotatable bonds is 14. The summed E-state index contributed by atoms with van der Waals surface area (Å²) in [6, 6.07) is 9.84. The zero-order valence-electron chi connectivity index (χ0n) is 30.7. The third kappa shape index (κ3) is 11.7. The number of hydrogen-bond acceptors (Lipinski definition) is 8. The number of hydrogen-bond donors (Lipinski definition) is 2. The summed E-state index contributed by atoms with van der Waals surface area (Å²) < 4.78 is 112. The Morgan fingerprint density at radius 2 is 0.714 bits per heavy atom. The van der Waals surface area contributed by atoms with Crippen molar-refractivity contribution < 1.29 is 55.0 Å². The molecular weight excluding hydrogens is 686 g/mol. The summed E-state index contributed by atoms with van der Waals surface area (Å²) in [5, 5.41) is 20.7. The highest BCUT2D eigenvalue weighted by Crippen LogP contribution is 2.71. The smallest absolute Gasteiger partial charge is 0.396 e. The van der Waals surface area contributed by atoms with Gasteiger partial charge in [0, 0.05) is 16.5 Å². The van der Waals surface area contributed by atoms with Crippen LogP contribution in [0.25, 0.3) is 0 Å². The van der Waals surface area contributed by atoms with E-state index in [2.05, 4.69) is 0 Å². The van der Waals surface area contributed by atoms with E-state index in [1.165, 1.54) is 107 Å². The van der Waals surface area contributed by atoms with Crippen LogP contribution in [0, 0.1) is 5.41 Å². The van der Waals surface area contributed by atoms with Crippen molar-refractivity contribution in [2.24, 2.45) is 5.41 Å². The van der Waals surface area contributed by atoms with E-state index in [-0.39, 0.29) is 12.8 Å². The van der Waals surface area contributed by atoms with Crippen molar-refractivity contribution in [3.05, 3.63) is 70.8 Å². The lowest BCUT2D eigenvalue weighted by Gasteiger charge is -2.36. The van der Waals surface area contributed by atoms with Gasteiger partial charge in [0.15, 0.2) is 0 Å². The topological polar surface area (TPSA) is 112 Å². The van der Waals surface area contributed by atoms with Crippen LogP contribution in [-0.2, 0) is 51.4 Å². The maximum Gasteiger partial charge on any atom is 0.405 e. The highest BCUT2D eigenvalue weighted by Gasteiger charge is 2.59. The van der Waals surface area contributed by atoms with E-state index >= 15 is 17.6 Å². The third-order valence-electron chi connectivity index (χ3n) is 6.70. The lowest BCUT2D eigenvalue weighted by atomic mass is 9.77. The van der Waals surface area contributed by atoms with Crippen LogP contribution in [0.5, 0.6) is 0 Å². The molecule has 0 saturated carbocycles. The lowest BCUT2D eigenvalue weighted by Crippen LogP contribution is -2.35. The Balaban J connectivity index is 2.39. The van der Waals surface area contributed by atoms with Gasteiger partial charge in [0.1, 0.15) is 0 Å². The van der Waals surface area contributed by atoms with E-state index in [1.807, 2.05) is 0 Å². The summed E-state index contributed by atoms with van der Waals surface area (Å²) in [4.78, 5) is 0. The fourth-order valence-corrected chi connectivity index (χ4v) is 9.22. The fraction of sp³-hybridized carbons (Fsp3) is 0.657. The molecular formula is C35H54F4O8P2. The molecule has 0 heterocycles. The van der Waals surface area contributed by atoms with Crippen molar-refractivity contribution in [1.82, 2.24) is 0 Å². The first-order valence-electron chi connectivity index (χ1n) is 16.0. The van der Waals surface area contributed by atoms with Gasteiger partial charge in [-0.15, -0.1) is 0 Å². The second kappa shape index (κ2) is 14.8. The first-order valence-corrected chi connectivity index (χ1v) is 19.1. The van der Waals surface area contributed by atoms with E-state index in [0.717, 1.165) is 24.3 Å². The van der Waals surface area contributed by atoms with Crippen molar-refractivity contribution in [3.63, 3.8) is 0 Å². The molecule has 8 nitrogen and oxygen atoms in total. The van der Waals surface area contributed by atoms with Crippen LogP contribution in [0.3, 0.4) is 0 Å². The quantitative estimate of drug-likeness (QED) is 0.145. The summed E-state index contributed by atoms with van der Waals surface area (Å²) in [6.07, 6.45) is 0.0406. The number of benzene rings is 2. The second-order valence-corrected chi connectivity index (χ2v) is 20.3. The van der Waals surface area contributed by atoms with Crippen LogP contribution >= 0.6 is 15.2 Å². The van der Waals surface area contributed by atoms with Gasteiger partial charge in [-0.05, 0) is 107 Å². The minimum Gasteiger partial charge on any atom is -0.396 e. The fourth-order valence-electron chi connectivity index (χ4n) is 4.87. The SMILES string of the molecule is CC(C)(C)OP(=O)(OC(C)(C)C)C(F)(F)c1ccc(CC(CO)(CO)Cc2ccc(C(F)(F)P(=O)(OC(C)(C)C)OC(C)(C)C)cc2)cc1. The van der Waals surface area contributed by atoms with E-state index < -0.39 is 78.7 Å². The minimum absolute atomic E-state index is 0.0203. The zero-order valence-corrected chi connectivity index (χ0v) is 32.5. The Hall–Kier alpha value is -1.62. The molecule has 0 bridgehead atoms. The Labute approximate surface area is 289 Å². The molecule has 0 spiro atoms. The van der Waals surface area contributed by atoms with E-state index in [9.17, 15) is 19.3 Å². The van der Waals surface area contributed by atoms with Crippen molar-refractivity contribution in [2.45, 2.75) is 130 Å². The van der Waals surface area contributed by atoms with Crippen molar-refractivity contribution in [2.75, 3.05) is 13.2 Å². The molecule has 0 atom stereocenters. The molecule has 49 heavy (non-hydrogen) atoms. The summed E-state index contributed by atoms with van der Waals surface area (Å²) in [7, 11) is -10.1. The minimum atomic E-state index is -5.05. The molecule has 0 aliphatic heterocycles. The Morgan fingerprint density at radius 1 is 0.490 bits per heavy atom. The molecule has 2 aromatic rings. The number of halogens is 4. The molecule has 14 heteroatoms. The van der Waals surface area contributed by atoms with Gasteiger partial charge in [0.05, 0.1) is 35.6 Å². The maximum absolute atomic E-state index is 15.8. The van der Waals surface area contributed by atoms with Crippen LogP contribution in [0.4, 0.5) is 17.6 Å². The molecule has 280 valence electrons. The summed E-state index contributed by atoms with van der Waals surface area (Å²) in [5.41, 5.74) is -14.4. The van der Waals surface area contributed by atoms with Gasteiger partial charge in [0.25, 0.3) is 0 Å². The molecule has 0 aromatic heterocycles. The largest absolute Gasteiger partial charge is 0.405 e. The zero-order chi connectivity index (χ0) is 38.1. The third-order valence-corrected chi connectivity index (χ3v) is 11.7. The highest BCUT2D eigenvalue weighted by atomic mass is 31.2. The van der Waals surface area contributed by atoms with Crippen LogP contribution in [0.15, 0.2) is 48.5 Å². The monoisotopic (exact) mass is 740 g/mol. The van der Waals surface area contributed by atoms with E-state index in [1.54, 1.807) is 0 Å². The average molecular weight is 741 g/mol. The van der Waals surface area contributed by atoms with Gasteiger partial charge in [-0.3, -0.25) is 27.2 Å². The molecule has 0 amide bonds. The van der Waals surface area contributed by atoms with Crippen molar-refractivity contribution in [3.8, 4) is 0 Å². The van der Waals surface area contributed by atoms with Crippen molar-refractivity contribution in [1.29, 1.82) is 0 Å². The Bertz CT molecular complexity index is 1330.